The van der Waals surface area contributed by atoms with Gasteiger partial charge < -0.3 is 10.6 Å². The number of carbonyl (C=O) groups is 2. The summed E-state index contributed by atoms with van der Waals surface area (Å²) < 4.78 is 12.9. The van der Waals surface area contributed by atoms with Gasteiger partial charge in [-0.3, -0.25) is 14.5 Å². The second kappa shape index (κ2) is 7.08. The summed E-state index contributed by atoms with van der Waals surface area (Å²) in [5.74, 6) is -0.492. The third-order valence-electron chi connectivity index (χ3n) is 4.44. The molecule has 5 nitrogen and oxygen atoms in total. The molecule has 1 aliphatic heterocycles. The van der Waals surface area contributed by atoms with E-state index in [2.05, 4.69) is 10.6 Å². The van der Waals surface area contributed by atoms with Gasteiger partial charge in [0.05, 0.1) is 11.6 Å². The summed E-state index contributed by atoms with van der Waals surface area (Å²) in [6, 6.07) is 5.73. The van der Waals surface area contributed by atoms with Gasteiger partial charge in [0.15, 0.2) is 0 Å². The number of nitrogens with zero attached hydrogens (tertiary/aromatic N) is 1. The molecular weight excluding hydrogens is 297 g/mol. The lowest BCUT2D eigenvalue weighted by atomic mass is 10.00. The summed E-state index contributed by atoms with van der Waals surface area (Å²) in [4.78, 5) is 26.5. The Hall–Kier alpha value is -1.95. The maximum absolute atomic E-state index is 12.9. The SMILES string of the molecule is CNC(=O)C(C)(C)N1CCCC1C(=O)NCc1ccc(F)cc1. The lowest BCUT2D eigenvalue weighted by Crippen LogP contribution is -2.58. The molecule has 1 unspecified atom stereocenters. The number of rotatable bonds is 5. The summed E-state index contributed by atoms with van der Waals surface area (Å²) >= 11 is 0. The van der Waals surface area contributed by atoms with Crippen LogP contribution in [0.2, 0.25) is 0 Å². The van der Waals surface area contributed by atoms with E-state index in [1.54, 1.807) is 19.2 Å². The van der Waals surface area contributed by atoms with Gasteiger partial charge in [-0.05, 0) is 44.4 Å². The van der Waals surface area contributed by atoms with E-state index in [1.165, 1.54) is 12.1 Å². The molecule has 2 N–H and O–H groups in total. The van der Waals surface area contributed by atoms with E-state index in [4.69, 9.17) is 0 Å². The van der Waals surface area contributed by atoms with E-state index >= 15 is 0 Å². The van der Waals surface area contributed by atoms with Crippen LogP contribution in [0.5, 0.6) is 0 Å². The number of halogens is 1. The van der Waals surface area contributed by atoms with Gasteiger partial charge in [0.25, 0.3) is 0 Å². The third kappa shape index (κ3) is 3.88. The zero-order chi connectivity index (χ0) is 17.0. The van der Waals surface area contributed by atoms with E-state index in [1.807, 2.05) is 18.7 Å². The van der Waals surface area contributed by atoms with Crippen molar-refractivity contribution in [3.8, 4) is 0 Å². The average Bonchev–Trinajstić information content (AvgIpc) is 3.03. The normalized spacial score (nSPS) is 18.7. The first-order valence-corrected chi connectivity index (χ1v) is 7.87. The highest BCUT2D eigenvalue weighted by Crippen LogP contribution is 2.27. The van der Waals surface area contributed by atoms with Gasteiger partial charge in [-0.15, -0.1) is 0 Å². The van der Waals surface area contributed by atoms with Crippen LogP contribution in [-0.4, -0.2) is 41.9 Å². The second-order valence-electron chi connectivity index (χ2n) is 6.33. The smallest absolute Gasteiger partial charge is 0.239 e. The largest absolute Gasteiger partial charge is 0.358 e. The van der Waals surface area contributed by atoms with Crippen LogP contribution in [0.25, 0.3) is 0 Å². The Morgan fingerprint density at radius 3 is 2.57 bits per heavy atom. The van der Waals surface area contributed by atoms with Crippen LogP contribution >= 0.6 is 0 Å². The summed E-state index contributed by atoms with van der Waals surface area (Å²) in [6.07, 6.45) is 1.62. The number of hydrogen-bond donors (Lipinski definition) is 2. The lowest BCUT2D eigenvalue weighted by molar-refractivity contribution is -0.136. The number of likely N-dealkylation sites (tertiary alicyclic amines) is 1. The van der Waals surface area contributed by atoms with Gasteiger partial charge in [0.1, 0.15) is 5.82 Å². The molecule has 1 aromatic carbocycles. The van der Waals surface area contributed by atoms with Crippen LogP contribution in [0, 0.1) is 5.82 Å². The van der Waals surface area contributed by atoms with Crippen LogP contribution in [0.4, 0.5) is 4.39 Å². The van der Waals surface area contributed by atoms with Crippen molar-refractivity contribution < 1.29 is 14.0 Å². The van der Waals surface area contributed by atoms with Gasteiger partial charge in [-0.25, -0.2) is 4.39 Å². The maximum Gasteiger partial charge on any atom is 0.239 e. The molecule has 1 aliphatic rings. The molecule has 1 aromatic rings. The topological polar surface area (TPSA) is 61.4 Å². The first kappa shape index (κ1) is 17.4. The Labute approximate surface area is 136 Å². The minimum Gasteiger partial charge on any atom is -0.358 e. The molecular formula is C17H24FN3O2. The molecule has 2 amide bonds. The van der Waals surface area contributed by atoms with E-state index in [0.717, 1.165) is 24.9 Å². The minimum absolute atomic E-state index is 0.0937. The van der Waals surface area contributed by atoms with E-state index in [9.17, 15) is 14.0 Å². The predicted molar refractivity (Wildman–Crippen MR) is 86.1 cm³/mol. The quantitative estimate of drug-likeness (QED) is 0.862. The molecule has 1 atom stereocenters. The van der Waals surface area contributed by atoms with Crippen molar-refractivity contribution in [1.29, 1.82) is 0 Å². The second-order valence-corrected chi connectivity index (χ2v) is 6.33. The van der Waals surface area contributed by atoms with Crippen molar-refractivity contribution in [3.63, 3.8) is 0 Å². The molecule has 2 rings (SSSR count). The lowest BCUT2D eigenvalue weighted by Gasteiger charge is -2.37. The number of amides is 2. The van der Waals surface area contributed by atoms with Gasteiger partial charge in [-0.2, -0.15) is 0 Å². The Morgan fingerprint density at radius 1 is 1.30 bits per heavy atom. The van der Waals surface area contributed by atoms with E-state index in [0.29, 0.717) is 6.54 Å². The molecule has 23 heavy (non-hydrogen) atoms. The van der Waals surface area contributed by atoms with Gasteiger partial charge in [0.2, 0.25) is 11.8 Å². The highest BCUT2D eigenvalue weighted by molar-refractivity contribution is 5.87. The Kier molecular flexibility index (Phi) is 5.36. The molecule has 0 aliphatic carbocycles. The molecule has 0 aromatic heterocycles. The van der Waals surface area contributed by atoms with Gasteiger partial charge >= 0.3 is 0 Å². The Balaban J connectivity index is 2.00. The summed E-state index contributed by atoms with van der Waals surface area (Å²) in [5, 5.41) is 5.54. The maximum atomic E-state index is 12.9. The van der Waals surface area contributed by atoms with Crippen molar-refractivity contribution in [2.24, 2.45) is 0 Å². The molecule has 6 heteroatoms. The molecule has 0 bridgehead atoms. The number of likely N-dealkylation sites (N-methyl/N-ethyl adjacent to an activating group) is 1. The molecule has 0 radical (unpaired) electrons. The minimum atomic E-state index is -0.733. The first-order chi connectivity index (χ1) is 10.9. The van der Waals surface area contributed by atoms with Gasteiger partial charge in [0, 0.05) is 20.1 Å². The van der Waals surface area contributed by atoms with Crippen LogP contribution in [0.15, 0.2) is 24.3 Å². The van der Waals surface area contributed by atoms with Crippen molar-refractivity contribution in [3.05, 3.63) is 35.6 Å². The molecule has 1 saturated heterocycles. The fraction of sp³-hybridized carbons (Fsp3) is 0.529. The molecule has 1 heterocycles. The van der Waals surface area contributed by atoms with Crippen LogP contribution in [0.3, 0.4) is 0 Å². The average molecular weight is 321 g/mol. The van der Waals surface area contributed by atoms with Crippen molar-refractivity contribution >= 4 is 11.8 Å². The van der Waals surface area contributed by atoms with Crippen molar-refractivity contribution in [2.75, 3.05) is 13.6 Å². The van der Waals surface area contributed by atoms with Crippen molar-refractivity contribution in [1.82, 2.24) is 15.5 Å². The van der Waals surface area contributed by atoms with Crippen LogP contribution < -0.4 is 10.6 Å². The predicted octanol–water partition coefficient (Wildman–Crippen LogP) is 1.43. The fourth-order valence-electron chi connectivity index (χ4n) is 3.05. The summed E-state index contributed by atoms with van der Waals surface area (Å²) in [7, 11) is 1.60. The molecule has 0 saturated carbocycles. The zero-order valence-electron chi connectivity index (χ0n) is 13.9. The zero-order valence-corrected chi connectivity index (χ0v) is 13.9. The Bertz CT molecular complexity index is 572. The molecule has 126 valence electrons. The van der Waals surface area contributed by atoms with Gasteiger partial charge in [-0.1, -0.05) is 12.1 Å². The Morgan fingerprint density at radius 2 is 1.96 bits per heavy atom. The highest BCUT2D eigenvalue weighted by Gasteiger charge is 2.43. The monoisotopic (exact) mass is 321 g/mol. The number of nitrogens with one attached hydrogen (secondary N) is 2. The standard InChI is InChI=1S/C17H24FN3O2/c1-17(2,16(23)19-3)21-10-4-5-14(21)15(22)20-11-12-6-8-13(18)9-7-12/h6-9,14H,4-5,10-11H2,1-3H3,(H,19,23)(H,20,22). The molecule has 1 fully saturated rings. The van der Waals surface area contributed by atoms with Crippen molar-refractivity contribution in [2.45, 2.75) is 44.8 Å². The number of carbonyl (C=O) groups excluding carboxylic acids is 2. The summed E-state index contributed by atoms with van der Waals surface area (Å²) in [6.45, 7) is 4.73. The van der Waals surface area contributed by atoms with Crippen LogP contribution in [0.1, 0.15) is 32.3 Å². The first-order valence-electron chi connectivity index (χ1n) is 7.87. The van der Waals surface area contributed by atoms with Crippen LogP contribution in [-0.2, 0) is 16.1 Å². The number of hydrogen-bond acceptors (Lipinski definition) is 3. The molecule has 0 spiro atoms. The van der Waals surface area contributed by atoms with E-state index < -0.39 is 5.54 Å². The third-order valence-corrected chi connectivity index (χ3v) is 4.44. The fourth-order valence-corrected chi connectivity index (χ4v) is 3.05. The van der Waals surface area contributed by atoms with E-state index in [-0.39, 0.29) is 23.7 Å². The number of benzene rings is 1. The highest BCUT2D eigenvalue weighted by atomic mass is 19.1. The summed E-state index contributed by atoms with van der Waals surface area (Å²) in [5.41, 5.74) is 0.109.